The number of furan rings is 1. The van der Waals surface area contributed by atoms with E-state index in [1.165, 1.54) is 13.5 Å². The maximum absolute atomic E-state index is 11.4. The first-order valence-corrected chi connectivity index (χ1v) is 6.00. The highest BCUT2D eigenvalue weighted by Crippen LogP contribution is 2.36. The molecule has 1 heterocycles. The second-order valence-corrected chi connectivity index (χ2v) is 4.78. The van der Waals surface area contributed by atoms with E-state index in [2.05, 4.69) is 17.0 Å². The van der Waals surface area contributed by atoms with E-state index in [0.717, 1.165) is 24.1 Å². The van der Waals surface area contributed by atoms with E-state index in [1.807, 2.05) is 0 Å². The van der Waals surface area contributed by atoms with E-state index in [4.69, 9.17) is 4.42 Å². The van der Waals surface area contributed by atoms with Crippen LogP contribution >= 0.6 is 0 Å². The fourth-order valence-electron chi connectivity index (χ4n) is 2.01. The number of aryl methyl sites for hydroxylation is 1. The molecule has 0 saturated heterocycles. The number of rotatable bonds is 5. The van der Waals surface area contributed by atoms with Gasteiger partial charge in [0.15, 0.2) is 0 Å². The minimum absolute atomic E-state index is 0.340. The molecule has 1 aromatic heterocycles. The Balaban J connectivity index is 1.86. The average molecular weight is 237 g/mol. The normalized spacial score (nSPS) is 22.5. The third-order valence-corrected chi connectivity index (χ3v) is 3.36. The molecule has 0 bridgehead atoms. The minimum Gasteiger partial charge on any atom is -0.465 e. The van der Waals surface area contributed by atoms with Gasteiger partial charge in [0.2, 0.25) is 0 Å². The van der Waals surface area contributed by atoms with Crippen molar-refractivity contribution in [1.29, 1.82) is 0 Å². The lowest BCUT2D eigenvalue weighted by Gasteiger charge is -2.00. The van der Waals surface area contributed by atoms with Crippen molar-refractivity contribution in [2.75, 3.05) is 13.7 Å². The van der Waals surface area contributed by atoms with Crippen molar-refractivity contribution in [3.8, 4) is 0 Å². The van der Waals surface area contributed by atoms with Gasteiger partial charge >= 0.3 is 5.97 Å². The van der Waals surface area contributed by atoms with Crippen LogP contribution in [-0.4, -0.2) is 19.6 Å². The quantitative estimate of drug-likeness (QED) is 0.797. The van der Waals surface area contributed by atoms with E-state index in [-0.39, 0.29) is 5.97 Å². The molecule has 94 valence electrons. The lowest BCUT2D eigenvalue weighted by Crippen LogP contribution is -2.16. The lowest BCUT2D eigenvalue weighted by molar-refractivity contribution is 0.0599. The molecule has 1 N–H and O–H groups in total. The van der Waals surface area contributed by atoms with Gasteiger partial charge in [0.05, 0.1) is 13.7 Å². The molecule has 1 aliphatic rings. The van der Waals surface area contributed by atoms with Crippen molar-refractivity contribution in [2.45, 2.75) is 26.8 Å². The van der Waals surface area contributed by atoms with Gasteiger partial charge in [-0.1, -0.05) is 6.92 Å². The van der Waals surface area contributed by atoms with Crippen LogP contribution in [0.4, 0.5) is 0 Å². The summed E-state index contributed by atoms with van der Waals surface area (Å²) >= 11 is 0. The fourth-order valence-corrected chi connectivity index (χ4v) is 2.01. The third-order valence-electron chi connectivity index (χ3n) is 3.36. The molecule has 0 amide bonds. The number of methoxy groups -OCH3 is 1. The smallest absolute Gasteiger partial charge is 0.341 e. The number of esters is 1. The zero-order chi connectivity index (χ0) is 12.4. The molecule has 0 aliphatic heterocycles. The summed E-state index contributed by atoms with van der Waals surface area (Å²) in [4.78, 5) is 11.4. The predicted molar refractivity (Wildman–Crippen MR) is 63.8 cm³/mol. The van der Waals surface area contributed by atoms with Gasteiger partial charge in [-0.05, 0) is 37.8 Å². The lowest BCUT2D eigenvalue weighted by atomic mass is 10.2. The number of ether oxygens (including phenoxy) is 1. The number of nitrogens with one attached hydrogen (secondary N) is 1. The van der Waals surface area contributed by atoms with Crippen LogP contribution in [0.3, 0.4) is 0 Å². The van der Waals surface area contributed by atoms with Crippen LogP contribution in [0.1, 0.15) is 35.2 Å². The van der Waals surface area contributed by atoms with Gasteiger partial charge in [-0.15, -0.1) is 0 Å². The van der Waals surface area contributed by atoms with E-state index >= 15 is 0 Å². The molecule has 4 heteroatoms. The molecule has 1 aromatic rings. The molecule has 2 atom stereocenters. The van der Waals surface area contributed by atoms with Crippen molar-refractivity contribution in [1.82, 2.24) is 5.32 Å². The average Bonchev–Trinajstić information content (AvgIpc) is 2.86. The molecule has 0 aromatic carbocycles. The molecule has 1 saturated carbocycles. The maximum atomic E-state index is 11.4. The summed E-state index contributed by atoms with van der Waals surface area (Å²) in [7, 11) is 1.38. The first kappa shape index (κ1) is 12.2. The standard InChI is InChI=1S/C13H19NO3/c1-8-4-10(8)6-14-7-11-5-12(9(2)17-11)13(15)16-3/h5,8,10,14H,4,6-7H2,1-3H3. The Hall–Kier alpha value is -1.29. The molecule has 2 unspecified atom stereocenters. The van der Waals surface area contributed by atoms with Gasteiger partial charge in [0, 0.05) is 0 Å². The monoisotopic (exact) mass is 237 g/mol. The van der Waals surface area contributed by atoms with Crippen LogP contribution in [0.15, 0.2) is 10.5 Å². The van der Waals surface area contributed by atoms with E-state index in [1.54, 1.807) is 13.0 Å². The molecule has 4 nitrogen and oxygen atoms in total. The fraction of sp³-hybridized carbons (Fsp3) is 0.615. The van der Waals surface area contributed by atoms with Crippen molar-refractivity contribution >= 4 is 5.97 Å². The highest BCUT2D eigenvalue weighted by molar-refractivity contribution is 5.90. The molecular formula is C13H19NO3. The summed E-state index contributed by atoms with van der Waals surface area (Å²) in [5.41, 5.74) is 0.518. The van der Waals surface area contributed by atoms with Crippen molar-refractivity contribution in [2.24, 2.45) is 11.8 Å². The van der Waals surface area contributed by atoms with Gasteiger partial charge in [-0.25, -0.2) is 4.79 Å². The Kier molecular flexibility index (Phi) is 3.52. The van der Waals surface area contributed by atoms with E-state index in [0.29, 0.717) is 17.9 Å². The molecule has 0 spiro atoms. The number of hydrogen-bond acceptors (Lipinski definition) is 4. The van der Waals surface area contributed by atoms with E-state index < -0.39 is 0 Å². The Morgan fingerprint density at radius 3 is 2.94 bits per heavy atom. The topological polar surface area (TPSA) is 51.5 Å². The first-order chi connectivity index (χ1) is 8.11. The molecule has 2 rings (SSSR count). The van der Waals surface area contributed by atoms with Gasteiger partial charge in [0.25, 0.3) is 0 Å². The summed E-state index contributed by atoms with van der Waals surface area (Å²) in [6, 6.07) is 1.75. The van der Waals surface area contributed by atoms with Crippen LogP contribution in [0, 0.1) is 18.8 Å². The van der Waals surface area contributed by atoms with Crippen LogP contribution in [0.2, 0.25) is 0 Å². The highest BCUT2D eigenvalue weighted by Gasteiger charge is 2.31. The van der Waals surface area contributed by atoms with E-state index in [9.17, 15) is 4.79 Å². The second kappa shape index (κ2) is 4.92. The summed E-state index contributed by atoms with van der Waals surface area (Å²) < 4.78 is 10.2. The molecule has 1 aliphatic carbocycles. The molecule has 1 fully saturated rings. The Morgan fingerprint density at radius 2 is 2.35 bits per heavy atom. The minimum atomic E-state index is -0.340. The van der Waals surface area contributed by atoms with Gasteiger partial charge in [0.1, 0.15) is 17.1 Å². The van der Waals surface area contributed by atoms with Crippen LogP contribution < -0.4 is 5.32 Å². The highest BCUT2D eigenvalue weighted by atomic mass is 16.5. The summed E-state index contributed by atoms with van der Waals surface area (Å²) in [6.45, 7) is 5.73. The largest absolute Gasteiger partial charge is 0.465 e. The second-order valence-electron chi connectivity index (χ2n) is 4.78. The Morgan fingerprint density at radius 1 is 1.65 bits per heavy atom. The van der Waals surface area contributed by atoms with Crippen molar-refractivity contribution in [3.05, 3.63) is 23.2 Å². The SMILES string of the molecule is COC(=O)c1cc(CNCC2CC2C)oc1C. The zero-order valence-electron chi connectivity index (χ0n) is 10.6. The third kappa shape index (κ3) is 2.88. The van der Waals surface area contributed by atoms with Gasteiger partial charge in [-0.3, -0.25) is 0 Å². The van der Waals surface area contributed by atoms with Crippen LogP contribution in [-0.2, 0) is 11.3 Å². The molecule has 17 heavy (non-hydrogen) atoms. The Bertz CT molecular complexity index is 411. The number of carbonyl (C=O) groups excluding carboxylic acids is 1. The van der Waals surface area contributed by atoms with Crippen molar-refractivity contribution in [3.63, 3.8) is 0 Å². The van der Waals surface area contributed by atoms with Gasteiger partial charge < -0.3 is 14.5 Å². The number of carbonyl (C=O) groups is 1. The zero-order valence-corrected chi connectivity index (χ0v) is 10.6. The van der Waals surface area contributed by atoms with Crippen molar-refractivity contribution < 1.29 is 13.9 Å². The predicted octanol–water partition coefficient (Wildman–Crippen LogP) is 2.12. The summed E-state index contributed by atoms with van der Waals surface area (Å²) in [5.74, 6) is 2.73. The molecule has 0 radical (unpaired) electrons. The van der Waals surface area contributed by atoms with Crippen LogP contribution in [0.5, 0.6) is 0 Å². The van der Waals surface area contributed by atoms with Crippen LogP contribution in [0.25, 0.3) is 0 Å². The summed E-state index contributed by atoms with van der Waals surface area (Å²) in [6.07, 6.45) is 1.32. The molecular weight excluding hydrogens is 218 g/mol. The summed E-state index contributed by atoms with van der Waals surface area (Å²) in [5, 5.41) is 3.35. The number of hydrogen-bond donors (Lipinski definition) is 1. The van der Waals surface area contributed by atoms with Gasteiger partial charge in [-0.2, -0.15) is 0 Å². The maximum Gasteiger partial charge on any atom is 0.341 e. The Labute approximate surface area is 101 Å². The first-order valence-electron chi connectivity index (χ1n) is 6.00.